The Morgan fingerprint density at radius 1 is 1.28 bits per heavy atom. The predicted molar refractivity (Wildman–Crippen MR) is 112 cm³/mol. The zero-order valence-electron chi connectivity index (χ0n) is 16.7. The van der Waals surface area contributed by atoms with Gasteiger partial charge in [-0.25, -0.2) is 4.68 Å². The van der Waals surface area contributed by atoms with Gasteiger partial charge in [0.2, 0.25) is 0 Å². The molecule has 6 nitrogen and oxygen atoms in total. The van der Waals surface area contributed by atoms with Crippen molar-refractivity contribution in [1.29, 1.82) is 0 Å². The lowest BCUT2D eigenvalue weighted by molar-refractivity contribution is 0.0858. The first-order chi connectivity index (χ1) is 14.1. The number of aryl methyl sites for hydroxylation is 1. The highest BCUT2D eigenvalue weighted by atomic mass is 16.5. The Kier molecular flexibility index (Phi) is 5.62. The van der Waals surface area contributed by atoms with Gasteiger partial charge in [-0.05, 0) is 44.0 Å². The summed E-state index contributed by atoms with van der Waals surface area (Å²) in [5.41, 5.74) is 4.05. The Bertz CT molecular complexity index is 989. The van der Waals surface area contributed by atoms with E-state index in [0.29, 0.717) is 17.8 Å². The van der Waals surface area contributed by atoms with Gasteiger partial charge in [0.25, 0.3) is 5.91 Å². The maximum absolute atomic E-state index is 13.0. The number of rotatable bonds is 6. The molecule has 0 saturated carbocycles. The summed E-state index contributed by atoms with van der Waals surface area (Å²) < 4.78 is 12.7. The highest BCUT2D eigenvalue weighted by Crippen LogP contribution is 2.27. The van der Waals surface area contributed by atoms with E-state index in [9.17, 15) is 4.79 Å². The van der Waals surface area contributed by atoms with Crippen molar-refractivity contribution in [2.45, 2.75) is 25.9 Å². The first-order valence-corrected chi connectivity index (χ1v) is 9.85. The smallest absolute Gasteiger partial charge is 0.255 e. The quantitative estimate of drug-likeness (QED) is 0.695. The van der Waals surface area contributed by atoms with Crippen LogP contribution in [0.3, 0.4) is 0 Å². The normalized spacial score (nSPS) is 16.0. The second-order valence-electron chi connectivity index (χ2n) is 7.25. The average Bonchev–Trinajstić information content (AvgIpc) is 3.43. The maximum atomic E-state index is 13.0. The summed E-state index contributed by atoms with van der Waals surface area (Å²) in [4.78, 5) is 13.0. The van der Waals surface area contributed by atoms with Crippen LogP contribution in [0.25, 0.3) is 16.9 Å². The molecule has 0 radical (unpaired) electrons. The molecule has 0 bridgehead atoms. The number of carbonyl (C=O) groups is 1. The highest BCUT2D eigenvalue weighted by Gasteiger charge is 2.21. The van der Waals surface area contributed by atoms with Crippen LogP contribution in [0.2, 0.25) is 0 Å². The van der Waals surface area contributed by atoms with Crippen molar-refractivity contribution in [3.63, 3.8) is 0 Å². The van der Waals surface area contributed by atoms with E-state index in [2.05, 4.69) is 5.32 Å². The second kappa shape index (κ2) is 8.49. The fourth-order valence-electron chi connectivity index (χ4n) is 3.46. The summed E-state index contributed by atoms with van der Waals surface area (Å²) in [6, 6.07) is 15.6. The van der Waals surface area contributed by atoms with Gasteiger partial charge in [0.1, 0.15) is 11.4 Å². The summed E-state index contributed by atoms with van der Waals surface area (Å²) in [6.07, 6.45) is 3.89. The van der Waals surface area contributed by atoms with E-state index < -0.39 is 0 Å². The van der Waals surface area contributed by atoms with E-state index in [4.69, 9.17) is 14.6 Å². The molecule has 1 amide bonds. The van der Waals surface area contributed by atoms with E-state index in [0.717, 1.165) is 36.4 Å². The van der Waals surface area contributed by atoms with Gasteiger partial charge in [0.05, 0.1) is 24.5 Å². The molecule has 1 aliphatic rings. The second-order valence-corrected chi connectivity index (χ2v) is 7.25. The Hall–Kier alpha value is -3.12. The zero-order chi connectivity index (χ0) is 20.2. The molecule has 1 saturated heterocycles. The van der Waals surface area contributed by atoms with Gasteiger partial charge in [0, 0.05) is 24.9 Å². The predicted octanol–water partition coefficient (Wildman–Crippen LogP) is 3.77. The summed E-state index contributed by atoms with van der Waals surface area (Å²) in [5.74, 6) is 0.565. The minimum Gasteiger partial charge on any atom is -0.497 e. The fraction of sp³-hybridized carbons (Fsp3) is 0.304. The summed E-state index contributed by atoms with van der Waals surface area (Å²) in [7, 11) is 1.62. The van der Waals surface area contributed by atoms with Crippen LogP contribution in [0.5, 0.6) is 5.75 Å². The lowest BCUT2D eigenvalue weighted by Gasteiger charge is -2.10. The highest BCUT2D eigenvalue weighted by molar-refractivity contribution is 6.00. The Balaban J connectivity index is 1.68. The summed E-state index contributed by atoms with van der Waals surface area (Å²) >= 11 is 0. The van der Waals surface area contributed by atoms with Crippen LogP contribution in [-0.2, 0) is 4.74 Å². The minimum atomic E-state index is -0.156. The molecule has 150 valence electrons. The number of benzene rings is 2. The van der Waals surface area contributed by atoms with Gasteiger partial charge in [-0.2, -0.15) is 5.10 Å². The molecule has 0 unspecified atom stereocenters. The largest absolute Gasteiger partial charge is 0.497 e. The van der Waals surface area contributed by atoms with Gasteiger partial charge in [-0.1, -0.05) is 29.8 Å². The Labute approximate surface area is 170 Å². The SMILES string of the molecule is COc1cccc(-c2nn(-c3ccc(C)cc3)cc2C(=O)NC[C@@H]2CCCO2)c1. The van der Waals surface area contributed by atoms with Crippen molar-refractivity contribution in [2.75, 3.05) is 20.3 Å². The molecular formula is C23H25N3O3. The third kappa shape index (κ3) is 4.32. The zero-order valence-corrected chi connectivity index (χ0v) is 16.7. The van der Waals surface area contributed by atoms with Gasteiger partial charge in [-0.3, -0.25) is 4.79 Å². The van der Waals surface area contributed by atoms with Crippen LogP contribution in [-0.4, -0.2) is 42.1 Å². The fourth-order valence-corrected chi connectivity index (χ4v) is 3.46. The lowest BCUT2D eigenvalue weighted by Crippen LogP contribution is -2.31. The van der Waals surface area contributed by atoms with Crippen LogP contribution in [0.4, 0.5) is 0 Å². The van der Waals surface area contributed by atoms with E-state index in [-0.39, 0.29) is 12.0 Å². The minimum absolute atomic E-state index is 0.0892. The van der Waals surface area contributed by atoms with E-state index in [1.54, 1.807) is 18.0 Å². The number of hydrogen-bond acceptors (Lipinski definition) is 4. The van der Waals surface area contributed by atoms with Crippen molar-refractivity contribution >= 4 is 5.91 Å². The van der Waals surface area contributed by atoms with Gasteiger partial charge in [0.15, 0.2) is 0 Å². The number of amides is 1. The molecule has 0 spiro atoms. The Morgan fingerprint density at radius 3 is 2.83 bits per heavy atom. The maximum Gasteiger partial charge on any atom is 0.255 e. The van der Waals surface area contributed by atoms with Crippen LogP contribution >= 0.6 is 0 Å². The average molecular weight is 391 g/mol. The van der Waals surface area contributed by atoms with Crippen LogP contribution in [0.1, 0.15) is 28.8 Å². The van der Waals surface area contributed by atoms with Crippen molar-refractivity contribution in [3.05, 3.63) is 65.9 Å². The molecule has 1 aliphatic heterocycles. The molecule has 2 heterocycles. The molecule has 1 aromatic heterocycles. The molecule has 3 aromatic rings. The van der Waals surface area contributed by atoms with Crippen LogP contribution in [0, 0.1) is 6.92 Å². The first kappa shape index (κ1) is 19.2. The topological polar surface area (TPSA) is 65.4 Å². The molecule has 1 N–H and O–H groups in total. The van der Waals surface area contributed by atoms with Crippen molar-refractivity contribution in [3.8, 4) is 22.7 Å². The molecule has 6 heteroatoms. The summed E-state index contributed by atoms with van der Waals surface area (Å²) in [5, 5.41) is 7.73. The number of carbonyl (C=O) groups excluding carboxylic acids is 1. The molecule has 29 heavy (non-hydrogen) atoms. The standard InChI is InChI=1S/C23H25N3O3/c1-16-8-10-18(11-9-16)26-15-21(23(27)24-14-20-7-4-12-29-20)22(25-26)17-5-3-6-19(13-17)28-2/h3,5-6,8-11,13,15,20H,4,7,12,14H2,1-2H3,(H,24,27)/t20-/m0/s1. The van der Waals surface area contributed by atoms with E-state index in [1.807, 2.05) is 55.5 Å². The van der Waals surface area contributed by atoms with Crippen LogP contribution < -0.4 is 10.1 Å². The molecule has 1 atom stereocenters. The van der Waals surface area contributed by atoms with Crippen LogP contribution in [0.15, 0.2) is 54.7 Å². The monoisotopic (exact) mass is 391 g/mol. The van der Waals surface area contributed by atoms with Gasteiger partial charge >= 0.3 is 0 Å². The Morgan fingerprint density at radius 2 is 2.10 bits per heavy atom. The molecular weight excluding hydrogens is 366 g/mol. The first-order valence-electron chi connectivity index (χ1n) is 9.85. The molecule has 0 aliphatic carbocycles. The van der Waals surface area contributed by atoms with Crippen molar-refractivity contribution in [2.24, 2.45) is 0 Å². The number of nitrogens with zero attached hydrogens (tertiary/aromatic N) is 2. The molecule has 4 rings (SSSR count). The van der Waals surface area contributed by atoms with Gasteiger partial charge in [-0.15, -0.1) is 0 Å². The van der Waals surface area contributed by atoms with E-state index in [1.165, 1.54) is 5.56 Å². The van der Waals surface area contributed by atoms with E-state index >= 15 is 0 Å². The molecule has 2 aromatic carbocycles. The number of ether oxygens (including phenoxy) is 2. The summed E-state index contributed by atoms with van der Waals surface area (Å²) in [6.45, 7) is 3.31. The lowest BCUT2D eigenvalue weighted by atomic mass is 10.1. The number of aromatic nitrogens is 2. The third-order valence-corrected chi connectivity index (χ3v) is 5.11. The number of hydrogen-bond donors (Lipinski definition) is 1. The van der Waals surface area contributed by atoms with Crippen molar-refractivity contribution in [1.82, 2.24) is 15.1 Å². The number of nitrogens with one attached hydrogen (secondary N) is 1. The van der Waals surface area contributed by atoms with Crippen molar-refractivity contribution < 1.29 is 14.3 Å². The molecule has 1 fully saturated rings. The van der Waals surface area contributed by atoms with Gasteiger partial charge < -0.3 is 14.8 Å². The third-order valence-electron chi connectivity index (χ3n) is 5.11. The number of methoxy groups -OCH3 is 1.